The van der Waals surface area contributed by atoms with Gasteiger partial charge in [0.25, 0.3) is 5.91 Å². The monoisotopic (exact) mass is 246 g/mol. The number of rotatable bonds is 0. The third-order valence-electron chi connectivity index (χ3n) is 3.68. The topological polar surface area (TPSA) is 41.6 Å². The van der Waals surface area contributed by atoms with E-state index in [1.54, 1.807) is 4.90 Å². The molecule has 1 fully saturated rings. The molecule has 0 radical (unpaired) electrons. The normalized spacial score (nSPS) is 27.4. The Bertz CT molecular complexity index is 522. The molecule has 0 aliphatic carbocycles. The van der Waals surface area contributed by atoms with E-state index in [9.17, 15) is 4.79 Å². The summed E-state index contributed by atoms with van der Waals surface area (Å²) >= 11 is 0. The second-order valence-electron chi connectivity index (χ2n) is 5.92. The third-order valence-corrected chi connectivity index (χ3v) is 3.68. The number of benzene rings is 1. The summed E-state index contributed by atoms with van der Waals surface area (Å²) in [5.74, 6) is 0.0323. The average Bonchev–Trinajstić information content (AvgIpc) is 2.45. The van der Waals surface area contributed by atoms with E-state index in [0.29, 0.717) is 5.56 Å². The van der Waals surface area contributed by atoms with Gasteiger partial charge < -0.3 is 10.1 Å². The Morgan fingerprint density at radius 3 is 2.61 bits per heavy atom. The lowest BCUT2D eigenvalue weighted by Crippen LogP contribution is -2.55. The first-order valence-corrected chi connectivity index (χ1v) is 6.22. The second-order valence-corrected chi connectivity index (χ2v) is 5.92. The number of carbonyl (C=O) groups excluding carboxylic acids is 1. The van der Waals surface area contributed by atoms with Gasteiger partial charge in [0.05, 0.1) is 5.56 Å². The van der Waals surface area contributed by atoms with E-state index < -0.39 is 11.3 Å². The first kappa shape index (κ1) is 11.5. The molecule has 96 valence electrons. The van der Waals surface area contributed by atoms with Gasteiger partial charge in [0.2, 0.25) is 0 Å². The number of hydrogen-bond acceptors (Lipinski definition) is 3. The van der Waals surface area contributed by atoms with Crippen LogP contribution in [0.1, 0.15) is 38.1 Å². The lowest BCUT2D eigenvalue weighted by Gasteiger charge is -2.39. The van der Waals surface area contributed by atoms with Crippen molar-refractivity contribution in [1.29, 1.82) is 0 Å². The standard InChI is InChI=1S/C14H18N2O2/c1-13(2)12-15-10-8-6-5-7-9(10)11(17)16(12)14(3,4)18-13/h5-8,12,15H,1-4H3. The average molecular weight is 246 g/mol. The highest BCUT2D eigenvalue weighted by molar-refractivity contribution is 6.02. The zero-order valence-electron chi connectivity index (χ0n) is 11.2. The van der Waals surface area contributed by atoms with Gasteiger partial charge in [-0.1, -0.05) is 12.1 Å². The Morgan fingerprint density at radius 1 is 1.22 bits per heavy atom. The van der Waals surface area contributed by atoms with Gasteiger partial charge in [-0.05, 0) is 39.8 Å². The van der Waals surface area contributed by atoms with Crippen molar-refractivity contribution in [2.45, 2.75) is 45.2 Å². The number of fused-ring (bicyclic) bond motifs is 2. The van der Waals surface area contributed by atoms with Crippen molar-refractivity contribution in [3.05, 3.63) is 29.8 Å². The van der Waals surface area contributed by atoms with Crippen LogP contribution in [0.3, 0.4) is 0 Å². The molecule has 3 rings (SSSR count). The van der Waals surface area contributed by atoms with Gasteiger partial charge in [-0.2, -0.15) is 0 Å². The zero-order valence-corrected chi connectivity index (χ0v) is 11.2. The first-order chi connectivity index (χ1) is 8.33. The Hall–Kier alpha value is -1.55. The van der Waals surface area contributed by atoms with Crippen LogP contribution < -0.4 is 5.32 Å². The number of amides is 1. The van der Waals surface area contributed by atoms with Crippen molar-refractivity contribution >= 4 is 11.6 Å². The summed E-state index contributed by atoms with van der Waals surface area (Å²) in [5, 5.41) is 3.42. The van der Waals surface area contributed by atoms with E-state index in [4.69, 9.17) is 4.74 Å². The molecule has 0 aromatic heterocycles. The highest BCUT2D eigenvalue weighted by Crippen LogP contribution is 2.43. The Labute approximate surface area is 107 Å². The van der Waals surface area contributed by atoms with E-state index >= 15 is 0 Å². The van der Waals surface area contributed by atoms with Gasteiger partial charge in [0.15, 0.2) is 0 Å². The Balaban J connectivity index is 2.14. The van der Waals surface area contributed by atoms with Crippen molar-refractivity contribution in [3.8, 4) is 0 Å². The molecule has 18 heavy (non-hydrogen) atoms. The van der Waals surface area contributed by atoms with Gasteiger partial charge >= 0.3 is 0 Å². The molecule has 1 amide bonds. The summed E-state index contributed by atoms with van der Waals surface area (Å²) in [6.45, 7) is 7.88. The number of para-hydroxylation sites is 1. The molecule has 4 nitrogen and oxygen atoms in total. The molecule has 1 aromatic carbocycles. The van der Waals surface area contributed by atoms with Gasteiger partial charge in [0.1, 0.15) is 17.5 Å². The van der Waals surface area contributed by atoms with Gasteiger partial charge in [0, 0.05) is 5.69 Å². The molecule has 4 heteroatoms. The van der Waals surface area contributed by atoms with Crippen molar-refractivity contribution in [2.75, 3.05) is 5.32 Å². The van der Waals surface area contributed by atoms with Crippen LogP contribution in [-0.2, 0) is 4.74 Å². The van der Waals surface area contributed by atoms with Gasteiger partial charge in [-0.15, -0.1) is 0 Å². The van der Waals surface area contributed by atoms with Crippen molar-refractivity contribution in [3.63, 3.8) is 0 Å². The minimum atomic E-state index is -0.591. The summed E-state index contributed by atoms with van der Waals surface area (Å²) in [7, 11) is 0. The quantitative estimate of drug-likeness (QED) is 0.764. The summed E-state index contributed by atoms with van der Waals surface area (Å²) in [4.78, 5) is 14.4. The van der Waals surface area contributed by atoms with Gasteiger partial charge in [-0.25, -0.2) is 0 Å². The minimum absolute atomic E-state index is 0.0323. The fourth-order valence-corrected chi connectivity index (χ4v) is 3.04. The summed E-state index contributed by atoms with van der Waals surface area (Å²) < 4.78 is 6.03. The van der Waals surface area contributed by atoms with Crippen LogP contribution in [0.25, 0.3) is 0 Å². The zero-order chi connectivity index (χ0) is 13.1. The van der Waals surface area contributed by atoms with Crippen LogP contribution in [-0.4, -0.2) is 28.3 Å². The van der Waals surface area contributed by atoms with Crippen LogP contribution in [0.5, 0.6) is 0 Å². The predicted molar refractivity (Wildman–Crippen MR) is 69.3 cm³/mol. The highest BCUT2D eigenvalue weighted by atomic mass is 16.6. The molecule has 0 bridgehead atoms. The molecular formula is C14H18N2O2. The van der Waals surface area contributed by atoms with E-state index in [2.05, 4.69) is 5.32 Å². The maximum absolute atomic E-state index is 12.6. The molecular weight excluding hydrogens is 228 g/mol. The molecule has 2 heterocycles. The number of nitrogens with zero attached hydrogens (tertiary/aromatic N) is 1. The molecule has 2 aliphatic rings. The largest absolute Gasteiger partial charge is 0.362 e. The lowest BCUT2D eigenvalue weighted by molar-refractivity contribution is -0.0950. The highest BCUT2D eigenvalue weighted by Gasteiger charge is 2.56. The maximum atomic E-state index is 12.6. The molecule has 1 atom stereocenters. The van der Waals surface area contributed by atoms with Crippen LogP contribution in [0.15, 0.2) is 24.3 Å². The molecule has 0 saturated carbocycles. The SMILES string of the molecule is CC1(C)OC(C)(C)N2C(=O)c3ccccc3NC21. The number of hydrogen-bond donors (Lipinski definition) is 1. The number of carbonyl (C=O) groups is 1. The Morgan fingerprint density at radius 2 is 1.89 bits per heavy atom. The van der Waals surface area contributed by atoms with E-state index in [0.717, 1.165) is 5.69 Å². The third kappa shape index (κ3) is 1.38. The summed E-state index contributed by atoms with van der Waals surface area (Å²) in [6, 6.07) is 7.60. The van der Waals surface area contributed by atoms with Crippen LogP contribution in [0.4, 0.5) is 5.69 Å². The van der Waals surface area contributed by atoms with Gasteiger partial charge in [-0.3, -0.25) is 9.69 Å². The predicted octanol–water partition coefficient (Wildman–Crippen LogP) is 2.43. The van der Waals surface area contributed by atoms with Crippen molar-refractivity contribution in [2.24, 2.45) is 0 Å². The summed E-state index contributed by atoms with van der Waals surface area (Å²) in [5.41, 5.74) is 0.597. The second kappa shape index (κ2) is 3.26. The molecule has 1 N–H and O–H groups in total. The number of anilines is 1. The van der Waals surface area contributed by atoms with E-state index in [1.165, 1.54) is 0 Å². The maximum Gasteiger partial charge on any atom is 0.259 e. The molecule has 1 aromatic rings. The minimum Gasteiger partial charge on any atom is -0.362 e. The van der Waals surface area contributed by atoms with Crippen molar-refractivity contribution < 1.29 is 9.53 Å². The first-order valence-electron chi connectivity index (χ1n) is 6.22. The molecule has 2 aliphatic heterocycles. The lowest BCUT2D eigenvalue weighted by atomic mass is 9.99. The smallest absolute Gasteiger partial charge is 0.259 e. The van der Waals surface area contributed by atoms with Crippen LogP contribution in [0, 0.1) is 0 Å². The van der Waals surface area contributed by atoms with E-state index in [1.807, 2.05) is 52.0 Å². The van der Waals surface area contributed by atoms with E-state index in [-0.39, 0.29) is 12.1 Å². The molecule has 0 spiro atoms. The van der Waals surface area contributed by atoms with Crippen molar-refractivity contribution in [1.82, 2.24) is 4.90 Å². The van der Waals surface area contributed by atoms with Crippen LogP contribution in [0.2, 0.25) is 0 Å². The fraction of sp³-hybridized carbons (Fsp3) is 0.500. The number of nitrogens with one attached hydrogen (secondary N) is 1. The molecule has 1 saturated heterocycles. The fourth-order valence-electron chi connectivity index (χ4n) is 3.04. The summed E-state index contributed by atoms with van der Waals surface area (Å²) in [6.07, 6.45) is -0.130. The molecule has 1 unspecified atom stereocenters. The Kier molecular flexibility index (Phi) is 2.09. The van der Waals surface area contributed by atoms with Crippen LogP contribution >= 0.6 is 0 Å². The number of ether oxygens (including phenoxy) is 1.